The number of carbonyl (C=O) groups is 3. The summed E-state index contributed by atoms with van der Waals surface area (Å²) in [5.74, 6) is -7.75. The number of nitrogens with one attached hydrogen (secondary N) is 1. The molecule has 2 aromatic carbocycles. The highest BCUT2D eigenvalue weighted by molar-refractivity contribution is 6.23. The molecule has 3 rings (SSSR count). The summed E-state index contributed by atoms with van der Waals surface area (Å²) in [5.41, 5.74) is -1.46. The number of anilines is 1. The minimum Gasteiger partial charge on any atom is -0.322 e. The van der Waals surface area contributed by atoms with Crippen LogP contribution in [0.25, 0.3) is 0 Å². The molecule has 27 heavy (non-hydrogen) atoms. The third-order valence-corrected chi connectivity index (χ3v) is 3.78. The Balaban J connectivity index is 1.79. The van der Waals surface area contributed by atoms with Crippen LogP contribution in [-0.2, 0) is 4.79 Å². The maximum Gasteiger partial charge on any atom is 0.270 e. The van der Waals surface area contributed by atoms with Crippen LogP contribution < -0.4 is 5.32 Å². The number of carbonyl (C=O) groups excluding carboxylic acids is 3. The molecule has 0 saturated heterocycles. The van der Waals surface area contributed by atoms with Crippen LogP contribution in [0, 0.1) is 27.6 Å². The number of halogens is 3. The van der Waals surface area contributed by atoms with E-state index in [1.165, 1.54) is 0 Å². The third kappa shape index (κ3) is 3.10. The lowest BCUT2D eigenvalue weighted by Gasteiger charge is -2.14. The highest BCUT2D eigenvalue weighted by atomic mass is 19.2. The summed E-state index contributed by atoms with van der Waals surface area (Å²) >= 11 is 0. The minimum absolute atomic E-state index is 0.127. The first-order valence-corrected chi connectivity index (χ1v) is 7.28. The van der Waals surface area contributed by atoms with Gasteiger partial charge in [-0.15, -0.1) is 0 Å². The first kappa shape index (κ1) is 18.0. The van der Waals surface area contributed by atoms with Gasteiger partial charge in [-0.25, -0.2) is 13.2 Å². The second kappa shape index (κ2) is 6.52. The van der Waals surface area contributed by atoms with E-state index in [9.17, 15) is 37.7 Å². The molecule has 0 aromatic heterocycles. The van der Waals surface area contributed by atoms with Gasteiger partial charge in [-0.2, -0.15) is 0 Å². The van der Waals surface area contributed by atoms with Crippen molar-refractivity contribution in [2.45, 2.75) is 0 Å². The van der Waals surface area contributed by atoms with Gasteiger partial charge >= 0.3 is 0 Å². The van der Waals surface area contributed by atoms with Crippen LogP contribution in [0.5, 0.6) is 0 Å². The zero-order chi connectivity index (χ0) is 19.9. The van der Waals surface area contributed by atoms with Crippen LogP contribution in [0.15, 0.2) is 30.3 Å². The zero-order valence-electron chi connectivity index (χ0n) is 13.2. The largest absolute Gasteiger partial charge is 0.322 e. The number of nitro benzene ring substituents is 1. The summed E-state index contributed by atoms with van der Waals surface area (Å²) in [6, 6.07) is 4.39. The monoisotopic (exact) mass is 379 g/mol. The first-order chi connectivity index (χ1) is 12.7. The molecule has 0 saturated carbocycles. The lowest BCUT2D eigenvalue weighted by atomic mass is 10.1. The molecule has 0 radical (unpaired) electrons. The Bertz CT molecular complexity index is 1020. The predicted molar refractivity (Wildman–Crippen MR) is 83.4 cm³/mol. The number of non-ortho nitro benzene ring substituents is 1. The second-order valence-electron chi connectivity index (χ2n) is 5.45. The van der Waals surface area contributed by atoms with E-state index in [1.54, 1.807) is 0 Å². The minimum atomic E-state index is -1.79. The van der Waals surface area contributed by atoms with Gasteiger partial charge in [0.2, 0.25) is 5.91 Å². The van der Waals surface area contributed by atoms with Crippen molar-refractivity contribution >= 4 is 29.1 Å². The maximum absolute atomic E-state index is 13.6. The summed E-state index contributed by atoms with van der Waals surface area (Å²) in [7, 11) is 0. The highest BCUT2D eigenvalue weighted by Gasteiger charge is 2.38. The molecule has 1 heterocycles. The van der Waals surface area contributed by atoms with Crippen LogP contribution >= 0.6 is 0 Å². The van der Waals surface area contributed by atoms with Gasteiger partial charge < -0.3 is 5.32 Å². The van der Waals surface area contributed by atoms with Gasteiger partial charge in [0.05, 0.1) is 21.7 Å². The summed E-state index contributed by atoms with van der Waals surface area (Å²) < 4.78 is 39.7. The molecule has 0 atom stereocenters. The number of nitro groups is 1. The molecule has 1 aliphatic heterocycles. The van der Waals surface area contributed by atoms with Crippen molar-refractivity contribution in [3.8, 4) is 0 Å². The van der Waals surface area contributed by atoms with Gasteiger partial charge in [0, 0.05) is 12.1 Å². The highest BCUT2D eigenvalue weighted by Crippen LogP contribution is 2.27. The average Bonchev–Trinajstić information content (AvgIpc) is 2.86. The smallest absolute Gasteiger partial charge is 0.270 e. The molecular weight excluding hydrogens is 371 g/mol. The molecule has 0 aliphatic carbocycles. The molecule has 0 unspecified atom stereocenters. The van der Waals surface area contributed by atoms with E-state index in [0.29, 0.717) is 11.0 Å². The average molecular weight is 379 g/mol. The van der Waals surface area contributed by atoms with Gasteiger partial charge in [0.25, 0.3) is 17.5 Å². The molecule has 0 bridgehead atoms. The van der Waals surface area contributed by atoms with Crippen molar-refractivity contribution < 1.29 is 32.5 Å². The zero-order valence-corrected chi connectivity index (χ0v) is 13.2. The predicted octanol–water partition coefficient (Wildman–Crippen LogP) is 2.25. The van der Waals surface area contributed by atoms with Gasteiger partial charge in [-0.1, -0.05) is 0 Å². The fourth-order valence-electron chi connectivity index (χ4n) is 2.49. The molecule has 138 valence electrons. The number of benzene rings is 2. The first-order valence-electron chi connectivity index (χ1n) is 7.28. The molecule has 3 amide bonds. The summed E-state index contributed by atoms with van der Waals surface area (Å²) in [5, 5.41) is 12.7. The Morgan fingerprint density at radius 3 is 2.37 bits per heavy atom. The van der Waals surface area contributed by atoms with Crippen molar-refractivity contribution in [1.82, 2.24) is 4.90 Å². The van der Waals surface area contributed by atoms with Gasteiger partial charge in [-0.05, 0) is 18.2 Å². The van der Waals surface area contributed by atoms with Gasteiger partial charge in [0.1, 0.15) is 6.54 Å². The topological polar surface area (TPSA) is 110 Å². The Hall–Kier alpha value is -3.76. The third-order valence-electron chi connectivity index (χ3n) is 3.78. The molecule has 1 N–H and O–H groups in total. The number of nitrogens with zero attached hydrogens (tertiary/aromatic N) is 2. The SMILES string of the molecule is O=C(CN1C(=O)c2ccc([N+](=O)[O-])cc2C1=O)Nc1ccc(F)c(F)c1F. The number of hydrogen-bond donors (Lipinski definition) is 1. The molecule has 0 spiro atoms. The molecule has 0 fully saturated rings. The Kier molecular flexibility index (Phi) is 4.35. The van der Waals surface area contributed by atoms with Crippen LogP contribution in [-0.4, -0.2) is 34.1 Å². The van der Waals surface area contributed by atoms with Crippen LogP contribution in [0.4, 0.5) is 24.5 Å². The maximum atomic E-state index is 13.6. The van der Waals surface area contributed by atoms with Gasteiger partial charge in [0.15, 0.2) is 17.5 Å². The van der Waals surface area contributed by atoms with E-state index in [1.807, 2.05) is 5.32 Å². The molecule has 8 nitrogen and oxygen atoms in total. The molecule has 1 aliphatic rings. The summed E-state index contributed by atoms with van der Waals surface area (Å²) in [6.45, 7) is -0.849. The Morgan fingerprint density at radius 1 is 1.04 bits per heavy atom. The lowest BCUT2D eigenvalue weighted by molar-refractivity contribution is -0.384. The van der Waals surface area contributed by atoms with E-state index >= 15 is 0 Å². The normalized spacial score (nSPS) is 12.9. The van der Waals surface area contributed by atoms with Crippen molar-refractivity contribution in [2.75, 3.05) is 11.9 Å². The Morgan fingerprint density at radius 2 is 1.70 bits per heavy atom. The summed E-state index contributed by atoms with van der Waals surface area (Å²) in [6.07, 6.45) is 0. The van der Waals surface area contributed by atoms with E-state index < -0.39 is 58.0 Å². The molecule has 2 aromatic rings. The van der Waals surface area contributed by atoms with Crippen LogP contribution in [0.3, 0.4) is 0 Å². The number of rotatable bonds is 4. The van der Waals surface area contributed by atoms with E-state index in [0.717, 1.165) is 24.3 Å². The number of hydrogen-bond acceptors (Lipinski definition) is 5. The van der Waals surface area contributed by atoms with E-state index in [2.05, 4.69) is 0 Å². The quantitative estimate of drug-likeness (QED) is 0.379. The van der Waals surface area contributed by atoms with E-state index in [4.69, 9.17) is 0 Å². The van der Waals surface area contributed by atoms with E-state index in [-0.39, 0.29) is 11.1 Å². The standard InChI is InChI=1S/C16H8F3N3O5/c17-10-3-4-11(14(19)13(10)18)20-12(23)6-21-15(24)8-2-1-7(22(26)27)5-9(8)16(21)25/h1-5H,6H2,(H,20,23). The van der Waals surface area contributed by atoms with Crippen molar-refractivity contribution in [3.63, 3.8) is 0 Å². The van der Waals surface area contributed by atoms with Crippen molar-refractivity contribution in [3.05, 3.63) is 69.0 Å². The van der Waals surface area contributed by atoms with Crippen LogP contribution in [0.1, 0.15) is 20.7 Å². The fraction of sp³-hybridized carbons (Fsp3) is 0.0625. The lowest BCUT2D eigenvalue weighted by Crippen LogP contribution is -2.37. The number of fused-ring (bicyclic) bond motifs is 1. The molecule has 11 heteroatoms. The second-order valence-corrected chi connectivity index (χ2v) is 5.45. The number of imide groups is 1. The van der Waals surface area contributed by atoms with Gasteiger partial charge in [-0.3, -0.25) is 29.4 Å². The fourth-order valence-corrected chi connectivity index (χ4v) is 2.49. The van der Waals surface area contributed by atoms with Crippen LogP contribution in [0.2, 0.25) is 0 Å². The van der Waals surface area contributed by atoms with Crippen molar-refractivity contribution in [1.29, 1.82) is 0 Å². The summed E-state index contributed by atoms with van der Waals surface area (Å²) in [4.78, 5) is 47.0. The van der Waals surface area contributed by atoms with Crippen molar-refractivity contribution in [2.24, 2.45) is 0 Å². The Labute approximate surface area is 148 Å². The molecular formula is C16H8F3N3O5. The number of amides is 3.